The predicted molar refractivity (Wildman–Crippen MR) is 61.8 cm³/mol. The highest BCUT2D eigenvalue weighted by atomic mass is 16.7. The molecule has 0 aliphatic carbocycles. The van der Waals surface area contributed by atoms with Gasteiger partial charge in [0.15, 0.2) is 5.79 Å². The van der Waals surface area contributed by atoms with E-state index in [1.54, 1.807) is 0 Å². The zero-order valence-electron chi connectivity index (χ0n) is 10.5. The Balaban J connectivity index is 2.28. The highest BCUT2D eigenvalue weighted by molar-refractivity contribution is 4.75. The molecule has 1 saturated heterocycles. The fraction of sp³-hybridized carbons (Fsp3) is 1.00. The third kappa shape index (κ3) is 4.09. The second-order valence-corrected chi connectivity index (χ2v) is 4.74. The normalized spacial score (nSPS) is 24.8. The average molecular weight is 215 g/mol. The molecule has 0 bridgehead atoms. The van der Waals surface area contributed by atoms with Crippen LogP contribution in [0.4, 0.5) is 0 Å². The number of rotatable bonds is 5. The summed E-state index contributed by atoms with van der Waals surface area (Å²) in [6.45, 7) is 11.1. The molecule has 1 rings (SSSR count). The maximum absolute atomic E-state index is 5.64. The van der Waals surface area contributed by atoms with Crippen LogP contribution in [0.15, 0.2) is 0 Å². The summed E-state index contributed by atoms with van der Waals surface area (Å²) in [7, 11) is 0. The molecular weight excluding hydrogens is 190 g/mol. The van der Waals surface area contributed by atoms with E-state index in [0.29, 0.717) is 12.0 Å². The summed E-state index contributed by atoms with van der Waals surface area (Å²) in [4.78, 5) is 0. The summed E-state index contributed by atoms with van der Waals surface area (Å²) in [5.74, 6) is 0.275. The first-order valence-electron chi connectivity index (χ1n) is 6.08. The van der Waals surface area contributed by atoms with Crippen LogP contribution in [-0.2, 0) is 9.47 Å². The second-order valence-electron chi connectivity index (χ2n) is 4.74. The van der Waals surface area contributed by atoms with Crippen LogP contribution in [0.25, 0.3) is 0 Å². The van der Waals surface area contributed by atoms with Gasteiger partial charge in [-0.25, -0.2) is 0 Å². The van der Waals surface area contributed by atoms with Crippen molar-refractivity contribution in [1.82, 2.24) is 5.32 Å². The van der Waals surface area contributed by atoms with Gasteiger partial charge in [0.05, 0.1) is 13.2 Å². The maximum atomic E-state index is 5.64. The number of ether oxygens (including phenoxy) is 2. The maximum Gasteiger partial charge on any atom is 0.177 e. The average Bonchev–Trinajstić information content (AvgIpc) is 2.26. The van der Waals surface area contributed by atoms with Gasteiger partial charge in [-0.3, -0.25) is 0 Å². The molecule has 0 aromatic rings. The molecule has 1 N–H and O–H groups in total. The molecule has 0 radical (unpaired) electrons. The third-order valence-corrected chi connectivity index (χ3v) is 3.35. The molecule has 0 spiro atoms. The fourth-order valence-corrected chi connectivity index (χ4v) is 1.68. The molecule has 2 unspecified atom stereocenters. The van der Waals surface area contributed by atoms with Crippen LogP contribution in [0, 0.1) is 5.92 Å². The topological polar surface area (TPSA) is 30.5 Å². The molecule has 0 saturated carbocycles. The molecule has 1 heterocycles. The van der Waals surface area contributed by atoms with Crippen molar-refractivity contribution >= 4 is 0 Å². The van der Waals surface area contributed by atoms with Gasteiger partial charge in [-0.05, 0) is 26.2 Å². The first kappa shape index (κ1) is 12.9. The summed E-state index contributed by atoms with van der Waals surface area (Å²) in [5, 5.41) is 3.49. The Morgan fingerprint density at radius 2 is 1.87 bits per heavy atom. The molecule has 3 heteroatoms. The van der Waals surface area contributed by atoms with Gasteiger partial charge in [0.1, 0.15) is 0 Å². The molecule has 90 valence electrons. The van der Waals surface area contributed by atoms with Crippen molar-refractivity contribution in [3.05, 3.63) is 0 Å². The summed E-state index contributed by atoms with van der Waals surface area (Å²) in [5.41, 5.74) is 0. The lowest BCUT2D eigenvalue weighted by Crippen LogP contribution is -2.49. The molecule has 1 aliphatic heterocycles. The Hall–Kier alpha value is -0.120. The molecule has 2 atom stereocenters. The van der Waals surface area contributed by atoms with E-state index in [1.807, 2.05) is 6.92 Å². The molecule has 0 aromatic heterocycles. The number of hydrogen-bond donors (Lipinski definition) is 1. The van der Waals surface area contributed by atoms with Crippen molar-refractivity contribution in [3.8, 4) is 0 Å². The Morgan fingerprint density at radius 1 is 1.27 bits per heavy atom. The minimum Gasteiger partial charge on any atom is -0.349 e. The van der Waals surface area contributed by atoms with E-state index < -0.39 is 5.79 Å². The number of nitrogens with one attached hydrogen (secondary N) is 1. The lowest BCUT2D eigenvalue weighted by molar-refractivity contribution is -0.252. The Labute approximate surface area is 93.5 Å². The molecule has 1 fully saturated rings. The van der Waals surface area contributed by atoms with Gasteiger partial charge in [-0.2, -0.15) is 0 Å². The summed E-state index contributed by atoms with van der Waals surface area (Å²) >= 11 is 0. The summed E-state index contributed by atoms with van der Waals surface area (Å²) < 4.78 is 11.3. The van der Waals surface area contributed by atoms with Gasteiger partial charge in [0.2, 0.25) is 0 Å². The summed E-state index contributed by atoms with van der Waals surface area (Å²) in [6.07, 6.45) is 2.21. The van der Waals surface area contributed by atoms with Crippen LogP contribution in [0.2, 0.25) is 0 Å². The first-order chi connectivity index (χ1) is 7.07. The SMILES string of the molecule is CCC(C)C(C)NCC1(C)OCCCO1. The van der Waals surface area contributed by atoms with Crippen molar-refractivity contribution in [2.45, 2.75) is 52.4 Å². The zero-order valence-corrected chi connectivity index (χ0v) is 10.5. The Morgan fingerprint density at radius 3 is 2.40 bits per heavy atom. The highest BCUT2D eigenvalue weighted by Gasteiger charge is 2.29. The van der Waals surface area contributed by atoms with E-state index in [0.717, 1.165) is 26.2 Å². The highest BCUT2D eigenvalue weighted by Crippen LogP contribution is 2.18. The van der Waals surface area contributed by atoms with E-state index in [2.05, 4.69) is 26.1 Å². The van der Waals surface area contributed by atoms with Crippen LogP contribution < -0.4 is 5.32 Å². The van der Waals surface area contributed by atoms with Crippen LogP contribution in [0.3, 0.4) is 0 Å². The largest absolute Gasteiger partial charge is 0.349 e. The quantitative estimate of drug-likeness (QED) is 0.762. The van der Waals surface area contributed by atoms with Gasteiger partial charge in [-0.15, -0.1) is 0 Å². The first-order valence-corrected chi connectivity index (χ1v) is 6.08. The smallest absolute Gasteiger partial charge is 0.177 e. The lowest BCUT2D eigenvalue weighted by Gasteiger charge is -2.35. The lowest BCUT2D eigenvalue weighted by atomic mass is 10.0. The van der Waals surface area contributed by atoms with Crippen LogP contribution >= 0.6 is 0 Å². The van der Waals surface area contributed by atoms with Crippen molar-refractivity contribution in [1.29, 1.82) is 0 Å². The molecule has 15 heavy (non-hydrogen) atoms. The van der Waals surface area contributed by atoms with Gasteiger partial charge in [-0.1, -0.05) is 20.3 Å². The van der Waals surface area contributed by atoms with E-state index in [-0.39, 0.29) is 0 Å². The molecular formula is C12H25NO2. The van der Waals surface area contributed by atoms with Crippen molar-refractivity contribution in [3.63, 3.8) is 0 Å². The number of hydrogen-bond acceptors (Lipinski definition) is 3. The monoisotopic (exact) mass is 215 g/mol. The molecule has 3 nitrogen and oxygen atoms in total. The van der Waals surface area contributed by atoms with E-state index in [1.165, 1.54) is 6.42 Å². The minimum atomic E-state index is -0.417. The summed E-state index contributed by atoms with van der Waals surface area (Å²) in [6, 6.07) is 0.515. The van der Waals surface area contributed by atoms with Gasteiger partial charge < -0.3 is 14.8 Å². The molecule has 0 aromatic carbocycles. The van der Waals surface area contributed by atoms with Gasteiger partial charge in [0, 0.05) is 12.6 Å². The minimum absolute atomic E-state index is 0.417. The van der Waals surface area contributed by atoms with Gasteiger partial charge >= 0.3 is 0 Å². The molecule has 0 amide bonds. The van der Waals surface area contributed by atoms with Crippen LogP contribution in [-0.4, -0.2) is 31.6 Å². The van der Waals surface area contributed by atoms with Crippen LogP contribution in [0.5, 0.6) is 0 Å². The van der Waals surface area contributed by atoms with Crippen molar-refractivity contribution in [2.24, 2.45) is 5.92 Å². The molecule has 1 aliphatic rings. The predicted octanol–water partition coefficient (Wildman–Crippen LogP) is 2.16. The van der Waals surface area contributed by atoms with E-state index in [9.17, 15) is 0 Å². The van der Waals surface area contributed by atoms with E-state index >= 15 is 0 Å². The van der Waals surface area contributed by atoms with Crippen molar-refractivity contribution < 1.29 is 9.47 Å². The second kappa shape index (κ2) is 5.83. The third-order valence-electron chi connectivity index (χ3n) is 3.35. The standard InChI is InChI=1S/C12H25NO2/c1-5-10(2)11(3)13-9-12(4)14-7-6-8-15-12/h10-11,13H,5-9H2,1-4H3. The van der Waals surface area contributed by atoms with Gasteiger partial charge in [0.25, 0.3) is 0 Å². The fourth-order valence-electron chi connectivity index (χ4n) is 1.68. The van der Waals surface area contributed by atoms with E-state index in [4.69, 9.17) is 9.47 Å². The Bertz CT molecular complexity index is 178. The van der Waals surface area contributed by atoms with Crippen LogP contribution in [0.1, 0.15) is 40.5 Å². The zero-order chi connectivity index (χ0) is 11.3. The van der Waals surface area contributed by atoms with Crippen molar-refractivity contribution in [2.75, 3.05) is 19.8 Å². The Kier molecular flexibility index (Phi) is 5.03.